The van der Waals surface area contributed by atoms with Crippen LogP contribution in [0.15, 0.2) is 22.7 Å². The second-order valence-electron chi connectivity index (χ2n) is 7.78. The Hall–Kier alpha value is -2.68. The fourth-order valence-corrected chi connectivity index (χ4v) is 3.33. The molecule has 0 aliphatic carbocycles. The van der Waals surface area contributed by atoms with Crippen molar-refractivity contribution >= 4 is 23.2 Å². The summed E-state index contributed by atoms with van der Waals surface area (Å²) in [5, 5.41) is 6.79. The topological polar surface area (TPSA) is 68.8 Å². The van der Waals surface area contributed by atoms with Crippen LogP contribution >= 0.6 is 0 Å². The molecule has 0 aliphatic heterocycles. The van der Waals surface area contributed by atoms with Gasteiger partial charge in [0.1, 0.15) is 5.82 Å². The van der Waals surface area contributed by atoms with Crippen LogP contribution in [0.2, 0.25) is 0 Å². The number of hydrogen-bond acceptors (Lipinski definition) is 5. The quantitative estimate of drug-likeness (QED) is 0.436. The van der Waals surface area contributed by atoms with Crippen molar-refractivity contribution in [1.29, 1.82) is 0 Å². The van der Waals surface area contributed by atoms with Gasteiger partial charge < -0.3 is 14.4 Å². The minimum absolute atomic E-state index is 0.127. The van der Waals surface area contributed by atoms with E-state index in [2.05, 4.69) is 45.3 Å². The van der Waals surface area contributed by atoms with Crippen LogP contribution in [0.25, 0.3) is 23.2 Å². The van der Waals surface area contributed by atoms with Gasteiger partial charge in [-0.05, 0) is 30.2 Å². The van der Waals surface area contributed by atoms with Crippen molar-refractivity contribution in [1.82, 2.24) is 25.0 Å². The van der Waals surface area contributed by atoms with Gasteiger partial charge in [0, 0.05) is 25.6 Å². The number of unbranched alkanes of at least 4 members (excludes halogenated alkanes) is 2. The Bertz CT molecular complexity index is 1020. The van der Waals surface area contributed by atoms with Crippen LogP contribution in [0, 0.1) is 0 Å². The minimum atomic E-state index is -4.65. The molecule has 0 radical (unpaired) electrons. The molecule has 1 aromatic carbocycles. The molecule has 6 nitrogen and oxygen atoms in total. The Kier molecular flexibility index (Phi) is 7.48. The van der Waals surface area contributed by atoms with Crippen LogP contribution < -0.4 is 5.32 Å². The summed E-state index contributed by atoms with van der Waals surface area (Å²) in [5.41, 5.74) is 2.71. The number of nitrogens with zero attached hydrogens (tertiary/aromatic N) is 4. The summed E-state index contributed by atoms with van der Waals surface area (Å²) in [7, 11) is 0. The van der Waals surface area contributed by atoms with E-state index in [1.165, 1.54) is 6.08 Å². The normalized spacial score (nSPS) is 12.6. The summed E-state index contributed by atoms with van der Waals surface area (Å²) in [5.74, 6) is -0.422. The Morgan fingerprint density at radius 2 is 1.97 bits per heavy atom. The highest BCUT2D eigenvalue weighted by Gasteiger charge is 2.38. The summed E-state index contributed by atoms with van der Waals surface area (Å²) >= 11 is 0. The molecule has 2 heterocycles. The predicted octanol–water partition coefficient (Wildman–Crippen LogP) is 5.34. The van der Waals surface area contributed by atoms with Crippen molar-refractivity contribution in [3.05, 3.63) is 41.3 Å². The maximum absolute atomic E-state index is 12.6. The van der Waals surface area contributed by atoms with Crippen molar-refractivity contribution in [2.24, 2.45) is 0 Å². The molecule has 2 aromatic heterocycles. The molecule has 0 unspecified atom stereocenters. The number of aryl methyl sites for hydroxylation is 1. The van der Waals surface area contributed by atoms with E-state index < -0.39 is 12.1 Å². The molecule has 0 aliphatic rings. The minimum Gasteiger partial charge on any atom is -0.329 e. The third-order valence-electron chi connectivity index (χ3n) is 4.85. The maximum Gasteiger partial charge on any atom is 0.471 e. The number of fused-ring (bicyclic) bond motifs is 1. The Labute approximate surface area is 179 Å². The average molecular weight is 435 g/mol. The molecule has 0 atom stereocenters. The molecule has 0 bridgehead atoms. The summed E-state index contributed by atoms with van der Waals surface area (Å²) in [6.07, 6.45) is 2.71. The number of aromatic nitrogens is 4. The van der Waals surface area contributed by atoms with Crippen LogP contribution in [-0.2, 0) is 19.1 Å². The van der Waals surface area contributed by atoms with Crippen LogP contribution in [-0.4, -0.2) is 32.3 Å². The first-order chi connectivity index (χ1) is 14.8. The van der Waals surface area contributed by atoms with E-state index in [1.54, 1.807) is 6.08 Å². The first kappa shape index (κ1) is 23.0. The highest BCUT2D eigenvalue weighted by atomic mass is 19.4. The van der Waals surface area contributed by atoms with E-state index in [9.17, 15) is 13.2 Å². The molecule has 0 amide bonds. The standard InChI is InChI=1S/C22H28F3N5O/c1-4-5-6-7-20-27-17-14-16(8-10-18(17)30(20)13-12-26-15(2)3)9-11-19-28-21(31-29-19)22(23,24)25/h8-11,14-15,26H,4-7,12-13H2,1-3H3/b11-9+. The van der Waals surface area contributed by atoms with E-state index in [4.69, 9.17) is 4.98 Å². The Morgan fingerprint density at radius 3 is 2.65 bits per heavy atom. The zero-order valence-electron chi connectivity index (χ0n) is 18.0. The lowest BCUT2D eigenvalue weighted by atomic mass is 10.2. The highest BCUT2D eigenvalue weighted by molar-refractivity contribution is 5.81. The molecule has 168 valence electrons. The molecule has 0 fully saturated rings. The van der Waals surface area contributed by atoms with Gasteiger partial charge in [-0.15, -0.1) is 0 Å². The third-order valence-corrected chi connectivity index (χ3v) is 4.85. The lowest BCUT2D eigenvalue weighted by Gasteiger charge is -2.12. The molecule has 3 rings (SSSR count). The van der Waals surface area contributed by atoms with Crippen LogP contribution in [0.4, 0.5) is 13.2 Å². The highest BCUT2D eigenvalue weighted by Crippen LogP contribution is 2.27. The average Bonchev–Trinajstić information content (AvgIpc) is 3.31. The number of rotatable bonds is 10. The molecule has 9 heteroatoms. The van der Waals surface area contributed by atoms with Gasteiger partial charge in [-0.1, -0.05) is 50.9 Å². The molecule has 0 saturated heterocycles. The monoisotopic (exact) mass is 435 g/mol. The fraction of sp³-hybridized carbons (Fsp3) is 0.500. The van der Waals surface area contributed by atoms with Gasteiger partial charge in [0.2, 0.25) is 0 Å². The number of hydrogen-bond donors (Lipinski definition) is 1. The van der Waals surface area contributed by atoms with E-state index in [0.29, 0.717) is 6.04 Å². The largest absolute Gasteiger partial charge is 0.471 e. The van der Waals surface area contributed by atoms with E-state index in [1.807, 2.05) is 18.2 Å². The van der Waals surface area contributed by atoms with Gasteiger partial charge in [-0.3, -0.25) is 0 Å². The number of nitrogens with one attached hydrogen (secondary N) is 1. The summed E-state index contributed by atoms with van der Waals surface area (Å²) in [6.45, 7) is 8.09. The maximum atomic E-state index is 12.6. The summed E-state index contributed by atoms with van der Waals surface area (Å²) in [4.78, 5) is 8.19. The SMILES string of the molecule is CCCCCc1nc2cc(/C=C/c3noc(C(F)(F)F)n3)ccc2n1CCNC(C)C. The number of alkyl halides is 3. The molecule has 3 aromatic rings. The zero-order chi connectivity index (χ0) is 22.4. The van der Waals surface area contributed by atoms with Crippen molar-refractivity contribution in [2.45, 2.75) is 65.2 Å². The van der Waals surface area contributed by atoms with Gasteiger partial charge in [-0.25, -0.2) is 4.98 Å². The molecular formula is C22H28F3N5O. The summed E-state index contributed by atoms with van der Waals surface area (Å²) < 4.78 is 44.3. The van der Waals surface area contributed by atoms with Crippen molar-refractivity contribution in [3.63, 3.8) is 0 Å². The molecule has 31 heavy (non-hydrogen) atoms. The van der Waals surface area contributed by atoms with Crippen LogP contribution in [0.3, 0.4) is 0 Å². The van der Waals surface area contributed by atoms with Crippen molar-refractivity contribution in [2.75, 3.05) is 6.54 Å². The van der Waals surface area contributed by atoms with Crippen LogP contribution in [0.1, 0.15) is 63.1 Å². The zero-order valence-corrected chi connectivity index (χ0v) is 18.0. The van der Waals surface area contributed by atoms with Gasteiger partial charge in [0.25, 0.3) is 0 Å². The summed E-state index contributed by atoms with van der Waals surface area (Å²) in [6, 6.07) is 6.25. The van der Waals surface area contributed by atoms with Gasteiger partial charge in [0.05, 0.1) is 11.0 Å². The Morgan fingerprint density at radius 1 is 1.16 bits per heavy atom. The first-order valence-electron chi connectivity index (χ1n) is 10.6. The fourth-order valence-electron chi connectivity index (χ4n) is 3.33. The van der Waals surface area contributed by atoms with Gasteiger partial charge in [-0.2, -0.15) is 18.2 Å². The Balaban J connectivity index is 1.82. The second kappa shape index (κ2) is 10.1. The molecule has 1 N–H and O–H groups in total. The van der Waals surface area contributed by atoms with E-state index in [0.717, 1.165) is 61.2 Å². The predicted molar refractivity (Wildman–Crippen MR) is 114 cm³/mol. The molecule has 0 spiro atoms. The number of halogens is 3. The number of benzene rings is 1. The van der Waals surface area contributed by atoms with Gasteiger partial charge >= 0.3 is 12.1 Å². The molecular weight excluding hydrogens is 407 g/mol. The van der Waals surface area contributed by atoms with Gasteiger partial charge in [0.15, 0.2) is 5.82 Å². The smallest absolute Gasteiger partial charge is 0.329 e. The van der Waals surface area contributed by atoms with Crippen molar-refractivity contribution in [3.8, 4) is 0 Å². The molecule has 0 saturated carbocycles. The lowest BCUT2D eigenvalue weighted by Crippen LogP contribution is -2.27. The second-order valence-corrected chi connectivity index (χ2v) is 7.78. The third kappa shape index (κ3) is 6.16. The van der Waals surface area contributed by atoms with E-state index in [-0.39, 0.29) is 5.82 Å². The van der Waals surface area contributed by atoms with E-state index >= 15 is 0 Å². The van der Waals surface area contributed by atoms with Crippen molar-refractivity contribution < 1.29 is 17.7 Å². The van der Waals surface area contributed by atoms with Crippen LogP contribution in [0.5, 0.6) is 0 Å². The number of imidazole rings is 1. The lowest BCUT2D eigenvalue weighted by molar-refractivity contribution is -0.159. The first-order valence-corrected chi connectivity index (χ1v) is 10.6.